The van der Waals surface area contributed by atoms with Crippen molar-refractivity contribution in [2.24, 2.45) is 11.7 Å². The molecule has 0 aromatic heterocycles. The van der Waals surface area contributed by atoms with Crippen molar-refractivity contribution in [2.45, 2.75) is 13.0 Å². The third-order valence-corrected chi connectivity index (χ3v) is 4.25. The number of likely N-dealkylation sites (tertiary alicyclic amines) is 1. The topological polar surface area (TPSA) is 75.4 Å². The van der Waals surface area contributed by atoms with E-state index in [9.17, 15) is 14.0 Å². The van der Waals surface area contributed by atoms with E-state index in [1.54, 1.807) is 4.90 Å². The van der Waals surface area contributed by atoms with Crippen LogP contribution in [0.5, 0.6) is 0 Å². The Morgan fingerprint density at radius 3 is 2.50 bits per heavy atom. The van der Waals surface area contributed by atoms with Gasteiger partial charge in [-0.15, -0.1) is 0 Å². The molecule has 0 bridgehead atoms. The predicted molar refractivity (Wildman–Crippen MR) is 89.0 cm³/mol. The molecule has 24 heavy (non-hydrogen) atoms. The summed E-state index contributed by atoms with van der Waals surface area (Å²) in [7, 11) is 0. The average molecular weight is 327 g/mol. The fraction of sp³-hybridized carbons (Fsp3) is 0.222. The van der Waals surface area contributed by atoms with E-state index in [1.807, 2.05) is 30.3 Å². The van der Waals surface area contributed by atoms with Crippen molar-refractivity contribution < 1.29 is 14.0 Å². The second-order valence-corrected chi connectivity index (χ2v) is 5.97. The van der Waals surface area contributed by atoms with Gasteiger partial charge in [0.1, 0.15) is 5.82 Å². The number of rotatable bonds is 3. The minimum absolute atomic E-state index is 0.000870. The van der Waals surface area contributed by atoms with Gasteiger partial charge < -0.3 is 16.0 Å². The lowest BCUT2D eigenvalue weighted by molar-refractivity contribution is 0.0671. The summed E-state index contributed by atoms with van der Waals surface area (Å²) in [4.78, 5) is 25.2. The Labute approximate surface area is 139 Å². The average Bonchev–Trinajstić information content (AvgIpc) is 2.53. The molecule has 3 N–H and O–H groups in total. The number of hydrogen-bond acceptors (Lipinski definition) is 2. The molecular weight excluding hydrogens is 309 g/mol. The quantitative estimate of drug-likeness (QED) is 0.908. The van der Waals surface area contributed by atoms with Crippen LogP contribution in [0.15, 0.2) is 48.5 Å². The predicted octanol–water partition coefficient (Wildman–Crippen LogP) is 3.15. The van der Waals surface area contributed by atoms with Gasteiger partial charge in [0, 0.05) is 12.2 Å². The summed E-state index contributed by atoms with van der Waals surface area (Å²) >= 11 is 0. The lowest BCUT2D eigenvalue weighted by Crippen LogP contribution is -2.53. The smallest absolute Gasteiger partial charge is 0.322 e. The number of halogens is 1. The normalized spacial score (nSPS) is 19.5. The standard InChI is InChI=1S/C18H18FN3O2/c1-11-10-22(16(11)12-5-3-2-4-6-12)18(24)21-13-7-8-14(17(20)23)15(19)9-13/h2-9,11,16H,10H2,1H3,(H2,20,23)(H,21,24)/t11-,16-/m1/s1. The van der Waals surface area contributed by atoms with Gasteiger partial charge in [-0.25, -0.2) is 9.18 Å². The summed E-state index contributed by atoms with van der Waals surface area (Å²) in [6, 6.07) is 13.3. The largest absolute Gasteiger partial charge is 0.366 e. The number of nitrogens with two attached hydrogens (primary N) is 1. The van der Waals surface area contributed by atoms with Crippen LogP contribution in [0.2, 0.25) is 0 Å². The molecule has 3 rings (SSSR count). The first kappa shape index (κ1) is 16.0. The number of carbonyl (C=O) groups is 2. The van der Waals surface area contributed by atoms with E-state index in [0.717, 1.165) is 11.6 Å². The van der Waals surface area contributed by atoms with Crippen LogP contribution in [0.4, 0.5) is 14.9 Å². The van der Waals surface area contributed by atoms with Gasteiger partial charge in [0.25, 0.3) is 5.91 Å². The SMILES string of the molecule is C[C@@H]1CN(C(=O)Nc2ccc(C(N)=O)c(F)c2)[C@H]1c1ccccc1. The maximum atomic E-state index is 13.8. The van der Waals surface area contributed by atoms with Gasteiger partial charge in [-0.3, -0.25) is 4.79 Å². The van der Waals surface area contributed by atoms with Gasteiger partial charge in [0.15, 0.2) is 0 Å². The fourth-order valence-corrected chi connectivity index (χ4v) is 3.05. The highest BCUT2D eigenvalue weighted by molar-refractivity contribution is 5.95. The van der Waals surface area contributed by atoms with Gasteiger partial charge in [0.2, 0.25) is 0 Å². The Bertz CT molecular complexity index is 779. The lowest BCUT2D eigenvalue weighted by Gasteiger charge is -2.46. The molecule has 0 spiro atoms. The first-order chi connectivity index (χ1) is 11.5. The molecule has 1 aliphatic rings. The van der Waals surface area contributed by atoms with Crippen molar-refractivity contribution in [1.82, 2.24) is 4.90 Å². The zero-order chi connectivity index (χ0) is 17.3. The lowest BCUT2D eigenvalue weighted by atomic mass is 9.85. The summed E-state index contributed by atoms with van der Waals surface area (Å²) in [6.07, 6.45) is 0. The summed E-state index contributed by atoms with van der Waals surface area (Å²) < 4.78 is 13.8. The first-order valence-corrected chi connectivity index (χ1v) is 7.69. The van der Waals surface area contributed by atoms with Crippen LogP contribution < -0.4 is 11.1 Å². The molecule has 1 heterocycles. The number of primary amides is 1. The number of anilines is 1. The van der Waals surface area contributed by atoms with Gasteiger partial charge in [-0.05, 0) is 29.7 Å². The number of amides is 3. The van der Waals surface area contributed by atoms with E-state index < -0.39 is 11.7 Å². The number of hydrogen-bond donors (Lipinski definition) is 2. The highest BCUT2D eigenvalue weighted by atomic mass is 19.1. The first-order valence-electron chi connectivity index (χ1n) is 7.69. The molecule has 1 saturated heterocycles. The number of benzene rings is 2. The van der Waals surface area contributed by atoms with Crippen LogP contribution >= 0.6 is 0 Å². The zero-order valence-electron chi connectivity index (χ0n) is 13.2. The molecule has 2 aromatic carbocycles. The molecule has 6 heteroatoms. The van der Waals surface area contributed by atoms with E-state index in [2.05, 4.69) is 12.2 Å². The van der Waals surface area contributed by atoms with Crippen LogP contribution in [0.1, 0.15) is 28.9 Å². The van der Waals surface area contributed by atoms with Crippen molar-refractivity contribution in [3.05, 3.63) is 65.5 Å². The second-order valence-electron chi connectivity index (χ2n) is 5.97. The van der Waals surface area contributed by atoms with E-state index in [4.69, 9.17) is 5.73 Å². The minimum Gasteiger partial charge on any atom is -0.366 e. The van der Waals surface area contributed by atoms with E-state index >= 15 is 0 Å². The van der Waals surface area contributed by atoms with Crippen molar-refractivity contribution in [2.75, 3.05) is 11.9 Å². The van der Waals surface area contributed by atoms with Gasteiger partial charge in [0.05, 0.1) is 11.6 Å². The maximum Gasteiger partial charge on any atom is 0.322 e. The number of carbonyl (C=O) groups excluding carboxylic acids is 2. The number of urea groups is 1. The molecule has 3 amide bonds. The number of nitrogens with zero attached hydrogens (tertiary/aromatic N) is 1. The van der Waals surface area contributed by atoms with Crippen LogP contribution in [0, 0.1) is 11.7 Å². The van der Waals surface area contributed by atoms with E-state index in [0.29, 0.717) is 12.5 Å². The molecule has 0 saturated carbocycles. The summed E-state index contributed by atoms with van der Waals surface area (Å²) in [5.41, 5.74) is 6.22. The van der Waals surface area contributed by atoms with Gasteiger partial charge in [-0.1, -0.05) is 37.3 Å². The Kier molecular flexibility index (Phi) is 4.20. The summed E-state index contributed by atoms with van der Waals surface area (Å²) in [6.45, 7) is 2.72. The molecular formula is C18H18FN3O2. The van der Waals surface area contributed by atoms with E-state index in [1.165, 1.54) is 12.1 Å². The molecule has 1 fully saturated rings. The molecule has 0 radical (unpaired) electrons. The Morgan fingerprint density at radius 2 is 1.92 bits per heavy atom. The molecule has 0 aliphatic carbocycles. The fourth-order valence-electron chi connectivity index (χ4n) is 3.05. The molecule has 2 atom stereocenters. The van der Waals surface area contributed by atoms with Crippen LogP contribution in [-0.2, 0) is 0 Å². The molecule has 1 aliphatic heterocycles. The van der Waals surface area contributed by atoms with Crippen molar-refractivity contribution >= 4 is 17.6 Å². The van der Waals surface area contributed by atoms with Crippen LogP contribution in [0.25, 0.3) is 0 Å². The van der Waals surface area contributed by atoms with Crippen LogP contribution in [0.3, 0.4) is 0 Å². The molecule has 2 aromatic rings. The maximum absolute atomic E-state index is 13.8. The summed E-state index contributed by atoms with van der Waals surface area (Å²) in [5.74, 6) is -1.24. The Balaban J connectivity index is 1.73. The third kappa shape index (κ3) is 2.95. The van der Waals surface area contributed by atoms with Crippen molar-refractivity contribution in [3.8, 4) is 0 Å². The zero-order valence-corrected chi connectivity index (χ0v) is 13.2. The molecule has 5 nitrogen and oxygen atoms in total. The van der Waals surface area contributed by atoms with E-state index in [-0.39, 0.29) is 23.3 Å². The number of nitrogens with one attached hydrogen (secondary N) is 1. The van der Waals surface area contributed by atoms with Crippen molar-refractivity contribution in [3.63, 3.8) is 0 Å². The second kappa shape index (κ2) is 6.31. The highest BCUT2D eigenvalue weighted by Gasteiger charge is 2.39. The third-order valence-electron chi connectivity index (χ3n) is 4.25. The monoisotopic (exact) mass is 327 g/mol. The highest BCUT2D eigenvalue weighted by Crippen LogP contribution is 2.38. The van der Waals surface area contributed by atoms with Crippen LogP contribution in [-0.4, -0.2) is 23.4 Å². The Morgan fingerprint density at radius 1 is 1.21 bits per heavy atom. The molecule has 124 valence electrons. The van der Waals surface area contributed by atoms with Gasteiger partial charge in [-0.2, -0.15) is 0 Å². The molecule has 0 unspecified atom stereocenters. The minimum atomic E-state index is -0.842. The van der Waals surface area contributed by atoms with Gasteiger partial charge >= 0.3 is 6.03 Å². The van der Waals surface area contributed by atoms with Crippen molar-refractivity contribution in [1.29, 1.82) is 0 Å². The summed E-state index contributed by atoms with van der Waals surface area (Å²) in [5, 5.41) is 2.67. The Hall–Kier alpha value is -2.89.